The Morgan fingerprint density at radius 2 is 1.61 bits per heavy atom. The van der Waals surface area contributed by atoms with E-state index in [1.54, 1.807) is 72.9 Å². The van der Waals surface area contributed by atoms with Crippen molar-refractivity contribution >= 4 is 34.5 Å². The van der Waals surface area contributed by atoms with Gasteiger partial charge in [0.1, 0.15) is 11.6 Å². The summed E-state index contributed by atoms with van der Waals surface area (Å²) in [5.74, 6) is -2.76. The van der Waals surface area contributed by atoms with Crippen LogP contribution in [0.2, 0.25) is 0 Å². The minimum Gasteiger partial charge on any atom is -0.451 e. The molecule has 0 saturated carbocycles. The molecule has 0 unspecified atom stereocenters. The van der Waals surface area contributed by atoms with E-state index in [2.05, 4.69) is 20.9 Å². The van der Waals surface area contributed by atoms with Gasteiger partial charge < -0.3 is 20.4 Å². The molecule has 0 aliphatic heterocycles. The molecule has 9 nitrogen and oxygen atoms in total. The zero-order valence-electron chi connectivity index (χ0n) is 19.3. The third-order valence-corrected chi connectivity index (χ3v) is 5.37. The van der Waals surface area contributed by atoms with Crippen molar-refractivity contribution in [3.63, 3.8) is 0 Å². The highest BCUT2D eigenvalue weighted by molar-refractivity contribution is 6.38. The number of para-hydroxylation sites is 1. The van der Waals surface area contributed by atoms with Gasteiger partial charge >= 0.3 is 0 Å². The molecular weight excluding hydrogens is 460 g/mol. The second-order valence-corrected chi connectivity index (χ2v) is 8.01. The highest BCUT2D eigenvalue weighted by Crippen LogP contribution is 2.18. The summed E-state index contributed by atoms with van der Waals surface area (Å²) < 4.78 is 5.50. The maximum Gasteiger partial charge on any atom is 0.289 e. The molecule has 2 heterocycles. The molecule has 9 heteroatoms. The second kappa shape index (κ2) is 11.6. The van der Waals surface area contributed by atoms with Crippen LogP contribution in [0.3, 0.4) is 0 Å². The van der Waals surface area contributed by atoms with Gasteiger partial charge in [-0.25, -0.2) is 0 Å². The molecular formula is C27H24N4O5. The van der Waals surface area contributed by atoms with Crippen molar-refractivity contribution < 1.29 is 23.6 Å². The predicted octanol–water partition coefficient (Wildman–Crippen LogP) is 2.17. The van der Waals surface area contributed by atoms with Crippen LogP contribution in [0.1, 0.15) is 21.8 Å². The minimum absolute atomic E-state index is 0.0646. The third-order valence-electron chi connectivity index (χ3n) is 5.37. The number of benzene rings is 2. The summed E-state index contributed by atoms with van der Waals surface area (Å²) in [6.07, 6.45) is 1.70. The van der Waals surface area contributed by atoms with E-state index in [4.69, 9.17) is 4.42 Å². The van der Waals surface area contributed by atoms with E-state index < -0.39 is 36.1 Å². The van der Waals surface area contributed by atoms with Gasteiger partial charge in [-0.3, -0.25) is 24.2 Å². The molecule has 182 valence electrons. The van der Waals surface area contributed by atoms with Crippen molar-refractivity contribution in [2.45, 2.75) is 19.0 Å². The SMILES string of the molecule is O=C(CNC(=O)c1cc2ccccc2o1)N[C@H](Cc1ccccc1)C(=O)C(=O)NCc1ccccn1. The van der Waals surface area contributed by atoms with Crippen LogP contribution in [-0.2, 0) is 27.3 Å². The Labute approximate surface area is 206 Å². The predicted molar refractivity (Wildman–Crippen MR) is 132 cm³/mol. The summed E-state index contributed by atoms with van der Waals surface area (Å²) in [5, 5.41) is 8.35. The average molecular weight is 485 g/mol. The topological polar surface area (TPSA) is 130 Å². The molecule has 0 aliphatic rings. The maximum atomic E-state index is 12.9. The Balaban J connectivity index is 1.37. The molecule has 2 aromatic heterocycles. The summed E-state index contributed by atoms with van der Waals surface area (Å²) in [5.41, 5.74) is 1.91. The summed E-state index contributed by atoms with van der Waals surface area (Å²) in [7, 11) is 0. The van der Waals surface area contributed by atoms with E-state index in [-0.39, 0.29) is 18.7 Å². The van der Waals surface area contributed by atoms with E-state index in [0.717, 1.165) is 10.9 Å². The van der Waals surface area contributed by atoms with Gasteiger partial charge in [-0.15, -0.1) is 0 Å². The standard InChI is InChI=1S/C27H24N4O5/c32-24(17-30-26(34)23-15-19-10-4-5-12-22(19)36-23)31-21(14-18-8-2-1-3-9-18)25(33)27(35)29-16-20-11-6-7-13-28-20/h1-13,15,21H,14,16-17H2,(H,29,35)(H,30,34)(H,31,32)/t21-/m1/s1. The number of Topliss-reactive ketones (excluding diaryl/α,β-unsaturated/α-hetero) is 1. The monoisotopic (exact) mass is 484 g/mol. The van der Waals surface area contributed by atoms with Crippen molar-refractivity contribution in [1.29, 1.82) is 0 Å². The van der Waals surface area contributed by atoms with Gasteiger partial charge in [-0.2, -0.15) is 0 Å². The van der Waals surface area contributed by atoms with E-state index in [1.807, 2.05) is 12.1 Å². The lowest BCUT2D eigenvalue weighted by atomic mass is 10.0. The number of pyridine rings is 1. The van der Waals surface area contributed by atoms with Crippen molar-refractivity contribution in [1.82, 2.24) is 20.9 Å². The Morgan fingerprint density at radius 3 is 2.36 bits per heavy atom. The summed E-state index contributed by atoms with van der Waals surface area (Å²) >= 11 is 0. The van der Waals surface area contributed by atoms with Gasteiger partial charge in [0.2, 0.25) is 11.7 Å². The van der Waals surface area contributed by atoms with Crippen LogP contribution in [0.25, 0.3) is 11.0 Å². The lowest BCUT2D eigenvalue weighted by Crippen LogP contribution is -2.50. The quantitative estimate of drug-likeness (QED) is 0.296. The largest absolute Gasteiger partial charge is 0.451 e. The molecule has 3 amide bonds. The highest BCUT2D eigenvalue weighted by atomic mass is 16.3. The summed E-state index contributed by atoms with van der Waals surface area (Å²) in [6, 6.07) is 21.9. The number of hydrogen-bond acceptors (Lipinski definition) is 6. The molecule has 2 aromatic carbocycles. The fraction of sp³-hybridized carbons (Fsp3) is 0.148. The van der Waals surface area contributed by atoms with E-state index in [9.17, 15) is 19.2 Å². The van der Waals surface area contributed by atoms with Crippen LogP contribution in [0.4, 0.5) is 0 Å². The Bertz CT molecular complexity index is 1340. The van der Waals surface area contributed by atoms with Crippen LogP contribution in [0, 0.1) is 0 Å². The normalized spacial score (nSPS) is 11.4. The fourth-order valence-corrected chi connectivity index (χ4v) is 3.56. The Kier molecular flexibility index (Phi) is 7.82. The molecule has 4 rings (SSSR count). The fourth-order valence-electron chi connectivity index (χ4n) is 3.56. The van der Waals surface area contributed by atoms with Crippen LogP contribution >= 0.6 is 0 Å². The zero-order chi connectivity index (χ0) is 25.3. The number of nitrogens with zero attached hydrogens (tertiary/aromatic N) is 1. The first-order chi connectivity index (χ1) is 17.5. The molecule has 0 bridgehead atoms. The molecule has 0 fully saturated rings. The van der Waals surface area contributed by atoms with Gasteiger partial charge in [0.15, 0.2) is 5.76 Å². The lowest BCUT2D eigenvalue weighted by molar-refractivity contribution is -0.140. The maximum absolute atomic E-state index is 12.9. The number of rotatable bonds is 10. The number of carbonyl (C=O) groups excluding carboxylic acids is 4. The van der Waals surface area contributed by atoms with Gasteiger partial charge in [0, 0.05) is 18.0 Å². The van der Waals surface area contributed by atoms with Crippen LogP contribution in [0.5, 0.6) is 0 Å². The molecule has 0 radical (unpaired) electrons. The van der Waals surface area contributed by atoms with E-state index >= 15 is 0 Å². The second-order valence-electron chi connectivity index (χ2n) is 8.01. The first kappa shape index (κ1) is 24.3. The van der Waals surface area contributed by atoms with Crippen molar-refractivity contribution in [2.75, 3.05) is 6.54 Å². The molecule has 0 saturated heterocycles. The molecule has 0 aliphatic carbocycles. The summed E-state index contributed by atoms with van der Waals surface area (Å²) in [4.78, 5) is 54.6. The molecule has 1 atom stereocenters. The smallest absolute Gasteiger partial charge is 0.289 e. The molecule has 0 spiro atoms. The van der Waals surface area contributed by atoms with Crippen LogP contribution < -0.4 is 16.0 Å². The minimum atomic E-state index is -1.12. The number of furan rings is 1. The van der Waals surface area contributed by atoms with Crippen molar-refractivity contribution in [2.24, 2.45) is 0 Å². The van der Waals surface area contributed by atoms with Crippen LogP contribution in [-0.4, -0.2) is 41.1 Å². The third kappa shape index (κ3) is 6.41. The Hall–Kier alpha value is -4.79. The van der Waals surface area contributed by atoms with Crippen molar-refractivity contribution in [3.8, 4) is 0 Å². The zero-order valence-corrected chi connectivity index (χ0v) is 19.3. The number of hydrogen-bond donors (Lipinski definition) is 3. The lowest BCUT2D eigenvalue weighted by Gasteiger charge is -2.18. The number of amides is 3. The first-order valence-electron chi connectivity index (χ1n) is 11.3. The van der Waals surface area contributed by atoms with Gasteiger partial charge in [-0.05, 0) is 29.8 Å². The number of ketones is 1. The molecule has 36 heavy (non-hydrogen) atoms. The number of fused-ring (bicyclic) bond motifs is 1. The number of carbonyl (C=O) groups is 4. The van der Waals surface area contributed by atoms with Crippen LogP contribution in [0.15, 0.2) is 89.5 Å². The van der Waals surface area contributed by atoms with Crippen molar-refractivity contribution in [3.05, 3.63) is 102 Å². The molecule has 4 aromatic rings. The first-order valence-corrected chi connectivity index (χ1v) is 11.3. The number of nitrogens with one attached hydrogen (secondary N) is 3. The van der Waals surface area contributed by atoms with Gasteiger partial charge in [-0.1, -0.05) is 54.6 Å². The highest BCUT2D eigenvalue weighted by Gasteiger charge is 2.27. The van der Waals surface area contributed by atoms with Gasteiger partial charge in [0.25, 0.3) is 11.8 Å². The van der Waals surface area contributed by atoms with E-state index in [0.29, 0.717) is 11.3 Å². The molecule has 3 N–H and O–H groups in total. The summed E-state index contributed by atoms with van der Waals surface area (Å²) in [6.45, 7) is -0.324. The van der Waals surface area contributed by atoms with E-state index in [1.165, 1.54) is 0 Å². The number of aromatic nitrogens is 1. The van der Waals surface area contributed by atoms with Gasteiger partial charge in [0.05, 0.1) is 18.8 Å². The Morgan fingerprint density at radius 1 is 0.861 bits per heavy atom. The average Bonchev–Trinajstić information content (AvgIpc) is 3.35.